The molecule has 0 spiro atoms. The predicted octanol–water partition coefficient (Wildman–Crippen LogP) is 36.1. The lowest BCUT2D eigenvalue weighted by atomic mass is 10.00. The van der Waals surface area contributed by atoms with Gasteiger partial charge in [0.05, 0.1) is 47.7 Å². The summed E-state index contributed by atoms with van der Waals surface area (Å²) in [5, 5.41) is 12.5. The Bertz CT molecular complexity index is 9860. The number of aromatic nitrogens is 6. The summed E-state index contributed by atoms with van der Waals surface area (Å²) >= 11 is 5.25. The van der Waals surface area contributed by atoms with Crippen LogP contribution in [0.2, 0.25) is 0 Å². The van der Waals surface area contributed by atoms with Crippen LogP contribution in [0.25, 0.3) is 283 Å². The van der Waals surface area contributed by atoms with Crippen molar-refractivity contribution >= 4 is 183 Å². The second kappa shape index (κ2) is 33.7. The van der Waals surface area contributed by atoms with Crippen LogP contribution in [0.5, 0.6) is 0 Å². The minimum Gasteiger partial charge on any atom is -0.456 e. The summed E-state index contributed by atoms with van der Waals surface area (Å²) in [5.74, 6) is 2.15. The number of fused-ring (bicyclic) bond motifs is 21. The molecule has 0 bridgehead atoms. The molecule has 0 fully saturated rings. The number of furan rings is 4. The van der Waals surface area contributed by atoms with Gasteiger partial charge in [0.15, 0.2) is 17.5 Å². The lowest BCUT2D eigenvalue weighted by Crippen LogP contribution is -1.94. The second-order valence-corrected chi connectivity index (χ2v) is 38.0. The minimum absolute atomic E-state index is 0.703. The summed E-state index contributed by atoms with van der Waals surface area (Å²) in [6.45, 7) is 0. The predicted molar refractivity (Wildman–Crippen MR) is 579 cm³/mol. The Kier molecular flexibility index (Phi) is 19.6. The first kappa shape index (κ1) is 80.9. The third-order valence-electron chi connectivity index (χ3n) is 26.6. The van der Waals surface area contributed by atoms with Gasteiger partial charge in [0.2, 0.25) is 0 Å². The average molecular weight is 1830 g/mol. The van der Waals surface area contributed by atoms with Gasteiger partial charge in [-0.2, -0.15) is 0 Å². The van der Waals surface area contributed by atoms with Crippen molar-refractivity contribution in [2.75, 3.05) is 0 Å². The van der Waals surface area contributed by atoms with Gasteiger partial charge in [-0.3, -0.25) is 0 Å². The zero-order valence-electron chi connectivity index (χ0n) is 74.3. The van der Waals surface area contributed by atoms with Gasteiger partial charge in [-0.25, -0.2) is 29.9 Å². The Hall–Kier alpha value is -17.7. The summed E-state index contributed by atoms with van der Waals surface area (Å²) in [5.41, 5.74) is 32.7. The molecular formula is C126H74N6O4S3. The summed E-state index contributed by atoms with van der Waals surface area (Å²) in [6, 6.07) is 156. The summed E-state index contributed by atoms with van der Waals surface area (Å²) in [7, 11) is 0. The van der Waals surface area contributed by atoms with E-state index >= 15 is 0 Å². The molecule has 0 unspecified atom stereocenters. The molecule has 10 aromatic heterocycles. The van der Waals surface area contributed by atoms with E-state index < -0.39 is 0 Å². The molecule has 650 valence electrons. The Labute approximate surface area is 807 Å². The standard InChI is InChI=1S/C46H26N2O2S.2C40H24N2OS/c1-4-13-38-33(8-1)35-25-24-31(26-40(35)49-38)27-16-20-29(21-17-27)42-45-43(37-10-3-6-15-41(37)51-45)48-46(47-42)30-22-18-28(19-23-30)32-11-7-12-36-34-9-2-5-14-39(34)50-44(32)36;1-2-9-25(10-3-1)26-17-23-29(24-18-26)40-41-36(39-37(42-40)33-12-5-7-16-35(33)44-39)28-21-19-27(20-22-28)30-13-8-14-32-31-11-4-6-15-34(31)43-38(30)32;1-2-9-25(10-3-1)26-17-21-28(22-18-26)36-39-37(33-12-5-7-16-35(33)44-39)42-40(41-36)29-23-19-27(20-24-29)30-13-8-14-32-31-11-4-6-15-34(31)43-38(30)32/h1-26H;2*1-24H. The van der Waals surface area contributed by atoms with E-state index in [9.17, 15) is 0 Å². The molecule has 0 saturated heterocycles. The second-order valence-electron chi connectivity index (χ2n) is 34.9. The molecule has 0 atom stereocenters. The largest absolute Gasteiger partial charge is 0.456 e. The van der Waals surface area contributed by atoms with Gasteiger partial charge in [0, 0.05) is 123 Å². The van der Waals surface area contributed by atoms with Crippen LogP contribution in [0.15, 0.2) is 467 Å². The quantitative estimate of drug-likeness (QED) is 0.117. The zero-order valence-corrected chi connectivity index (χ0v) is 76.7. The molecule has 0 aliphatic heterocycles. The number of hydrogen-bond donors (Lipinski definition) is 0. The van der Waals surface area contributed by atoms with Crippen molar-refractivity contribution in [3.63, 3.8) is 0 Å². The molecule has 13 heteroatoms. The van der Waals surface area contributed by atoms with E-state index in [2.05, 4.69) is 388 Å². The Balaban J connectivity index is 0.000000105. The van der Waals surface area contributed by atoms with Crippen LogP contribution in [0.1, 0.15) is 0 Å². The minimum atomic E-state index is 0.703. The normalized spacial score (nSPS) is 11.7. The highest BCUT2D eigenvalue weighted by molar-refractivity contribution is 7.27. The van der Waals surface area contributed by atoms with Crippen LogP contribution in [0, 0.1) is 0 Å². The van der Waals surface area contributed by atoms with Gasteiger partial charge in [0.1, 0.15) is 44.7 Å². The molecule has 19 aromatic carbocycles. The van der Waals surface area contributed by atoms with Crippen LogP contribution in [-0.2, 0) is 0 Å². The third kappa shape index (κ3) is 14.4. The molecular weight excluding hydrogens is 1760 g/mol. The lowest BCUT2D eigenvalue weighted by molar-refractivity contribution is 0.669. The summed E-state index contributed by atoms with van der Waals surface area (Å²) < 4.78 is 32.1. The van der Waals surface area contributed by atoms with Gasteiger partial charge in [-0.1, -0.05) is 394 Å². The molecule has 0 N–H and O–H groups in total. The highest BCUT2D eigenvalue weighted by atomic mass is 32.1. The fraction of sp³-hybridized carbons (Fsp3) is 0. The molecule has 10 nitrogen and oxygen atoms in total. The van der Waals surface area contributed by atoms with E-state index in [-0.39, 0.29) is 0 Å². The van der Waals surface area contributed by atoms with E-state index in [1.807, 2.05) is 60.7 Å². The maximum atomic E-state index is 6.34. The molecule has 0 radical (unpaired) electrons. The lowest BCUT2D eigenvalue weighted by Gasteiger charge is -2.09. The first-order chi connectivity index (χ1) is 68.8. The first-order valence-corrected chi connectivity index (χ1v) is 48.8. The number of hydrogen-bond acceptors (Lipinski definition) is 13. The molecule has 0 aliphatic carbocycles. The molecule has 29 rings (SSSR count). The smallest absolute Gasteiger partial charge is 0.160 e. The summed E-state index contributed by atoms with van der Waals surface area (Å²) in [4.78, 5) is 31.1. The number of rotatable bonds is 12. The topological polar surface area (TPSA) is 130 Å². The first-order valence-electron chi connectivity index (χ1n) is 46.3. The van der Waals surface area contributed by atoms with Crippen molar-refractivity contribution in [2.45, 2.75) is 0 Å². The SMILES string of the molecule is c1ccc(-c2ccc(-c3nc(-c4ccc(-c5cccc6c5oc5ccccc56)cc4)c4sc5ccccc5c4n3)cc2)cc1.c1ccc(-c2ccc(-c3nc(-c4ccc(-c5cccc6c5oc5ccccc56)cc4)nc4c3sc3ccccc34)cc2)cc1.c1ccc2c(c1)oc1cc(-c3ccc(-c4nc(-c5ccc(-c6cccc7c6oc6ccccc67)cc5)nc5c4sc4ccccc45)cc3)ccc12. The van der Waals surface area contributed by atoms with E-state index in [0.717, 1.165) is 241 Å². The maximum Gasteiger partial charge on any atom is 0.160 e. The molecule has 0 aliphatic rings. The van der Waals surface area contributed by atoms with E-state index in [1.165, 1.54) is 36.4 Å². The van der Waals surface area contributed by atoms with Crippen molar-refractivity contribution < 1.29 is 17.7 Å². The van der Waals surface area contributed by atoms with Crippen molar-refractivity contribution in [1.29, 1.82) is 0 Å². The van der Waals surface area contributed by atoms with Crippen molar-refractivity contribution in [1.82, 2.24) is 29.9 Å². The van der Waals surface area contributed by atoms with Crippen LogP contribution in [-0.4, -0.2) is 29.9 Å². The maximum absolute atomic E-state index is 6.34. The zero-order chi connectivity index (χ0) is 91.5. The highest BCUT2D eigenvalue weighted by Crippen LogP contribution is 2.48. The van der Waals surface area contributed by atoms with Crippen molar-refractivity contribution in [2.24, 2.45) is 0 Å². The molecule has 0 amide bonds. The number of benzene rings is 19. The molecule has 0 saturated carbocycles. The van der Waals surface area contributed by atoms with Gasteiger partial charge >= 0.3 is 0 Å². The van der Waals surface area contributed by atoms with Gasteiger partial charge in [0.25, 0.3) is 0 Å². The highest BCUT2D eigenvalue weighted by Gasteiger charge is 2.25. The fourth-order valence-corrected chi connectivity index (χ4v) is 23.2. The van der Waals surface area contributed by atoms with Crippen molar-refractivity contribution in [3.05, 3.63) is 449 Å². The molecule has 29 aromatic rings. The van der Waals surface area contributed by atoms with Crippen LogP contribution in [0.3, 0.4) is 0 Å². The molecule has 139 heavy (non-hydrogen) atoms. The Morgan fingerprint density at radius 3 is 0.727 bits per heavy atom. The third-order valence-corrected chi connectivity index (χ3v) is 30.1. The Morgan fingerprint density at radius 2 is 0.388 bits per heavy atom. The number of para-hydroxylation sites is 7. The van der Waals surface area contributed by atoms with Gasteiger partial charge < -0.3 is 17.7 Å². The van der Waals surface area contributed by atoms with Gasteiger partial charge in [-0.15, -0.1) is 34.0 Å². The van der Waals surface area contributed by atoms with E-state index in [0.29, 0.717) is 5.82 Å². The average Bonchev–Trinajstić information content (AvgIpc) is 1.60. The van der Waals surface area contributed by atoms with Gasteiger partial charge in [-0.05, 0) is 105 Å². The van der Waals surface area contributed by atoms with Crippen LogP contribution < -0.4 is 0 Å². The monoisotopic (exact) mass is 1830 g/mol. The van der Waals surface area contributed by atoms with Crippen LogP contribution in [0.4, 0.5) is 0 Å². The Morgan fingerprint density at radius 1 is 0.151 bits per heavy atom. The number of thiophene rings is 3. The van der Waals surface area contributed by atoms with Crippen molar-refractivity contribution in [3.8, 4) is 135 Å². The fourth-order valence-electron chi connectivity index (χ4n) is 19.7. The van der Waals surface area contributed by atoms with E-state index in [1.54, 1.807) is 34.0 Å². The summed E-state index contributed by atoms with van der Waals surface area (Å²) in [6.07, 6.45) is 0. The van der Waals surface area contributed by atoms with Crippen LogP contribution >= 0.6 is 34.0 Å². The number of nitrogens with zero attached hydrogens (tertiary/aromatic N) is 6. The molecule has 10 heterocycles. The van der Waals surface area contributed by atoms with E-state index in [4.69, 9.17) is 47.6 Å².